The number of aromatic nitrogens is 1. The number of hydrogen-bond acceptors (Lipinski definition) is 4. The van der Waals surface area contributed by atoms with E-state index in [1.54, 1.807) is 24.4 Å². The van der Waals surface area contributed by atoms with Crippen molar-refractivity contribution in [3.05, 3.63) is 30.5 Å². The molecule has 6 nitrogen and oxygen atoms in total. The van der Waals surface area contributed by atoms with E-state index in [2.05, 4.69) is 4.98 Å². The average Bonchev–Trinajstić information content (AvgIpc) is 2.84. The number of benzene rings is 1. The van der Waals surface area contributed by atoms with E-state index in [-0.39, 0.29) is 0 Å². The SMILES string of the molecule is CC(C)(O)C(C)(OB(O)c1cccc2[nH]ccc12)C(=O)O. The summed E-state index contributed by atoms with van der Waals surface area (Å²) in [4.78, 5) is 14.4. The third-order valence-corrected chi connectivity index (χ3v) is 3.82. The molecule has 4 N–H and O–H groups in total. The first-order valence-corrected chi connectivity index (χ1v) is 6.54. The molecule has 1 aromatic heterocycles. The molecule has 1 heterocycles. The number of carbonyl (C=O) groups is 1. The lowest BCUT2D eigenvalue weighted by Crippen LogP contribution is -2.59. The Morgan fingerprint density at radius 2 is 1.95 bits per heavy atom. The largest absolute Gasteiger partial charge is 0.492 e. The highest BCUT2D eigenvalue weighted by atomic mass is 16.6. The lowest BCUT2D eigenvalue weighted by atomic mass is 9.74. The van der Waals surface area contributed by atoms with Gasteiger partial charge in [0.2, 0.25) is 0 Å². The van der Waals surface area contributed by atoms with E-state index in [0.29, 0.717) is 5.46 Å². The van der Waals surface area contributed by atoms with Crippen molar-refractivity contribution in [2.24, 2.45) is 0 Å². The van der Waals surface area contributed by atoms with Gasteiger partial charge in [0, 0.05) is 11.7 Å². The maximum Gasteiger partial charge on any atom is 0.492 e. The number of nitrogens with one attached hydrogen (secondary N) is 1. The van der Waals surface area contributed by atoms with Crippen LogP contribution in [0.5, 0.6) is 0 Å². The monoisotopic (exact) mass is 291 g/mol. The van der Waals surface area contributed by atoms with Crippen molar-refractivity contribution < 1.29 is 24.7 Å². The third-order valence-electron chi connectivity index (χ3n) is 3.82. The second-order valence-corrected chi connectivity index (χ2v) is 5.65. The van der Waals surface area contributed by atoms with Crippen LogP contribution >= 0.6 is 0 Å². The van der Waals surface area contributed by atoms with Gasteiger partial charge < -0.3 is 24.9 Å². The van der Waals surface area contributed by atoms with E-state index in [0.717, 1.165) is 10.9 Å². The van der Waals surface area contributed by atoms with Crippen LogP contribution in [-0.4, -0.2) is 44.5 Å². The molecule has 0 saturated heterocycles. The predicted octanol–water partition coefficient (Wildman–Crippen LogP) is 0.486. The zero-order valence-electron chi connectivity index (χ0n) is 12.1. The summed E-state index contributed by atoms with van der Waals surface area (Å²) >= 11 is 0. The van der Waals surface area contributed by atoms with Gasteiger partial charge in [-0.05, 0) is 43.8 Å². The smallest absolute Gasteiger partial charge is 0.479 e. The molecule has 2 rings (SSSR count). The van der Waals surface area contributed by atoms with Gasteiger partial charge in [0.15, 0.2) is 5.60 Å². The van der Waals surface area contributed by atoms with Gasteiger partial charge in [0.05, 0.1) is 5.60 Å². The Bertz CT molecular complexity index is 663. The maximum absolute atomic E-state index is 11.4. The molecule has 0 fully saturated rings. The number of hydrogen-bond donors (Lipinski definition) is 4. The minimum Gasteiger partial charge on any atom is -0.479 e. The number of H-pyrrole nitrogens is 1. The number of carboxylic acid groups (broad SMARTS) is 1. The van der Waals surface area contributed by atoms with E-state index in [4.69, 9.17) is 4.65 Å². The van der Waals surface area contributed by atoms with Crippen LogP contribution in [0.2, 0.25) is 0 Å². The van der Waals surface area contributed by atoms with Gasteiger partial charge in [-0.2, -0.15) is 0 Å². The van der Waals surface area contributed by atoms with E-state index in [1.807, 2.05) is 6.07 Å². The summed E-state index contributed by atoms with van der Waals surface area (Å²) in [5.74, 6) is -1.35. The number of aliphatic hydroxyl groups is 1. The fourth-order valence-electron chi connectivity index (χ4n) is 2.07. The molecule has 21 heavy (non-hydrogen) atoms. The van der Waals surface area contributed by atoms with Gasteiger partial charge >= 0.3 is 13.1 Å². The molecule has 0 radical (unpaired) electrons. The Balaban J connectivity index is 2.38. The van der Waals surface area contributed by atoms with Crippen LogP contribution < -0.4 is 5.46 Å². The summed E-state index contributed by atoms with van der Waals surface area (Å²) in [5.41, 5.74) is -2.39. The first-order chi connectivity index (χ1) is 9.67. The first-order valence-electron chi connectivity index (χ1n) is 6.54. The number of aliphatic carboxylic acids is 1. The topological polar surface area (TPSA) is 103 Å². The van der Waals surface area contributed by atoms with Gasteiger partial charge in [-0.15, -0.1) is 0 Å². The fourth-order valence-corrected chi connectivity index (χ4v) is 2.07. The molecule has 0 spiro atoms. The van der Waals surface area contributed by atoms with Gasteiger partial charge in [0.1, 0.15) is 0 Å². The normalized spacial score (nSPS) is 14.9. The molecule has 2 aromatic rings. The Morgan fingerprint density at radius 1 is 1.29 bits per heavy atom. The quantitative estimate of drug-likeness (QED) is 0.600. The van der Waals surface area contributed by atoms with E-state index >= 15 is 0 Å². The molecule has 1 unspecified atom stereocenters. The van der Waals surface area contributed by atoms with Crippen LogP contribution in [0.25, 0.3) is 10.9 Å². The average molecular weight is 291 g/mol. The van der Waals surface area contributed by atoms with Crippen molar-refractivity contribution in [3.63, 3.8) is 0 Å². The van der Waals surface area contributed by atoms with Crippen LogP contribution in [0.1, 0.15) is 20.8 Å². The lowest BCUT2D eigenvalue weighted by Gasteiger charge is -2.37. The molecule has 1 atom stereocenters. The van der Waals surface area contributed by atoms with Crippen molar-refractivity contribution >= 4 is 29.5 Å². The second kappa shape index (κ2) is 5.18. The van der Waals surface area contributed by atoms with E-state index < -0.39 is 24.3 Å². The minimum atomic E-state index is -1.95. The molecule has 112 valence electrons. The Hall–Kier alpha value is -1.83. The zero-order valence-corrected chi connectivity index (χ0v) is 12.1. The molecule has 0 bridgehead atoms. The second-order valence-electron chi connectivity index (χ2n) is 5.65. The predicted molar refractivity (Wildman–Crippen MR) is 79.3 cm³/mol. The first kappa shape index (κ1) is 15.6. The maximum atomic E-state index is 11.4. The Labute approximate surface area is 122 Å². The van der Waals surface area contributed by atoms with Crippen molar-refractivity contribution in [1.82, 2.24) is 4.98 Å². The Kier molecular flexibility index (Phi) is 3.84. The summed E-state index contributed by atoms with van der Waals surface area (Å²) in [6.07, 6.45) is 1.72. The van der Waals surface area contributed by atoms with Crippen LogP contribution in [0.3, 0.4) is 0 Å². The van der Waals surface area contributed by atoms with Crippen molar-refractivity contribution in [3.8, 4) is 0 Å². The van der Waals surface area contributed by atoms with Crippen LogP contribution in [-0.2, 0) is 9.45 Å². The summed E-state index contributed by atoms with van der Waals surface area (Å²) in [6.45, 7) is 3.88. The molecule has 0 aliphatic heterocycles. The number of carboxylic acids is 1. The molecule has 0 saturated carbocycles. The highest BCUT2D eigenvalue weighted by molar-refractivity contribution is 6.63. The van der Waals surface area contributed by atoms with Crippen LogP contribution in [0, 0.1) is 0 Å². The molecule has 0 aliphatic rings. The lowest BCUT2D eigenvalue weighted by molar-refractivity contribution is -0.177. The number of fused-ring (bicyclic) bond motifs is 1. The summed E-state index contributed by atoms with van der Waals surface area (Å²) in [5, 5.41) is 30.4. The molecular weight excluding hydrogens is 273 g/mol. The van der Waals surface area contributed by atoms with Crippen LogP contribution in [0.4, 0.5) is 0 Å². The molecule has 0 aliphatic carbocycles. The Morgan fingerprint density at radius 3 is 2.52 bits per heavy atom. The van der Waals surface area contributed by atoms with E-state index in [1.165, 1.54) is 20.8 Å². The van der Waals surface area contributed by atoms with Gasteiger partial charge in [0.25, 0.3) is 0 Å². The number of rotatable bonds is 5. The fraction of sp³-hybridized carbons (Fsp3) is 0.357. The standard InChI is InChI=1S/C14H18BNO5/c1-13(2,19)14(3,12(17)18)21-15(20)10-5-4-6-11-9(10)7-8-16-11/h4-8,16,19-20H,1-3H3,(H,17,18). The molecule has 0 amide bonds. The molecular formula is C14H18BNO5. The summed E-state index contributed by atoms with van der Waals surface area (Å²) in [6, 6.07) is 6.97. The van der Waals surface area contributed by atoms with Gasteiger partial charge in [-0.3, -0.25) is 0 Å². The van der Waals surface area contributed by atoms with Crippen LogP contribution in [0.15, 0.2) is 30.5 Å². The van der Waals surface area contributed by atoms with Crippen molar-refractivity contribution in [1.29, 1.82) is 0 Å². The van der Waals surface area contributed by atoms with Gasteiger partial charge in [-0.1, -0.05) is 12.1 Å². The number of aromatic amines is 1. The highest BCUT2D eigenvalue weighted by Gasteiger charge is 2.50. The minimum absolute atomic E-state index is 0.436. The van der Waals surface area contributed by atoms with Gasteiger partial charge in [-0.25, -0.2) is 4.79 Å². The third kappa shape index (κ3) is 2.67. The van der Waals surface area contributed by atoms with Crippen molar-refractivity contribution in [2.75, 3.05) is 0 Å². The molecule has 1 aromatic carbocycles. The highest BCUT2D eigenvalue weighted by Crippen LogP contribution is 2.27. The summed E-state index contributed by atoms with van der Waals surface area (Å²) < 4.78 is 5.32. The van der Waals surface area contributed by atoms with E-state index in [9.17, 15) is 20.0 Å². The zero-order chi connectivity index (χ0) is 15.8. The summed E-state index contributed by atoms with van der Waals surface area (Å²) in [7, 11) is -1.47. The molecule has 7 heteroatoms. The van der Waals surface area contributed by atoms with Crippen molar-refractivity contribution in [2.45, 2.75) is 32.0 Å².